The van der Waals surface area contributed by atoms with Crippen molar-refractivity contribution in [2.24, 2.45) is 0 Å². The van der Waals surface area contributed by atoms with Gasteiger partial charge < -0.3 is 4.74 Å². The van der Waals surface area contributed by atoms with E-state index in [-0.39, 0.29) is 5.41 Å². The highest BCUT2D eigenvalue weighted by Gasteiger charge is 2.44. The molecule has 2 aromatic rings. The maximum atomic E-state index is 9.19. The van der Waals surface area contributed by atoms with Crippen molar-refractivity contribution in [3.63, 3.8) is 0 Å². The van der Waals surface area contributed by atoms with Crippen LogP contribution in [0.1, 0.15) is 18.4 Å². The van der Waals surface area contributed by atoms with E-state index in [1.54, 1.807) is 7.11 Å². The zero-order valence-electron chi connectivity index (χ0n) is 9.73. The van der Waals surface area contributed by atoms with Crippen molar-refractivity contribution in [1.82, 2.24) is 0 Å². The van der Waals surface area contributed by atoms with Crippen molar-refractivity contribution in [3.05, 3.63) is 42.0 Å². The van der Waals surface area contributed by atoms with Crippen molar-refractivity contribution in [2.45, 2.75) is 18.3 Å². The molecule has 1 aliphatic rings. The zero-order valence-corrected chi connectivity index (χ0v) is 9.73. The number of ether oxygens (including phenoxy) is 1. The van der Waals surface area contributed by atoms with Crippen LogP contribution in [0.3, 0.4) is 0 Å². The number of benzene rings is 2. The van der Waals surface area contributed by atoms with E-state index < -0.39 is 0 Å². The zero-order chi connectivity index (χ0) is 11.9. The van der Waals surface area contributed by atoms with E-state index in [2.05, 4.69) is 24.3 Å². The summed E-state index contributed by atoms with van der Waals surface area (Å²) >= 11 is 0. The Morgan fingerprint density at radius 1 is 1.12 bits per heavy atom. The third-order valence-corrected chi connectivity index (χ3v) is 3.56. The Hall–Kier alpha value is -2.01. The van der Waals surface area contributed by atoms with Gasteiger partial charge in [0.2, 0.25) is 0 Å². The van der Waals surface area contributed by atoms with Crippen LogP contribution in [-0.2, 0) is 5.41 Å². The number of methoxy groups -OCH3 is 1. The minimum atomic E-state index is -0.200. The molecular weight excluding hydrogens is 210 g/mol. The predicted octanol–water partition coefficient (Wildman–Crippen LogP) is 3.40. The summed E-state index contributed by atoms with van der Waals surface area (Å²) in [5.41, 5.74) is 0.950. The Morgan fingerprint density at radius 2 is 1.82 bits per heavy atom. The van der Waals surface area contributed by atoms with Crippen LogP contribution in [0.5, 0.6) is 5.75 Å². The lowest BCUT2D eigenvalue weighted by molar-refractivity contribution is 0.415. The Balaban J connectivity index is 2.12. The molecule has 0 amide bonds. The molecule has 0 aliphatic heterocycles. The summed E-state index contributed by atoms with van der Waals surface area (Å²) in [4.78, 5) is 0. The van der Waals surface area contributed by atoms with Crippen molar-refractivity contribution >= 4 is 10.8 Å². The monoisotopic (exact) mass is 223 g/mol. The van der Waals surface area contributed by atoms with Gasteiger partial charge in [0.15, 0.2) is 0 Å². The normalized spacial score (nSPS) is 16.5. The Labute approximate surface area is 100 Å². The number of hydrogen-bond acceptors (Lipinski definition) is 2. The molecule has 0 spiro atoms. The molecule has 0 saturated heterocycles. The first-order chi connectivity index (χ1) is 8.27. The number of rotatable bonds is 2. The minimum Gasteiger partial charge on any atom is -0.497 e. The standard InChI is InChI=1S/C15H13NO/c1-17-14-5-3-11-8-13(4-2-12(11)9-14)15(10-16)6-7-15/h2-5,8-9H,6-7H2,1H3. The van der Waals surface area contributed by atoms with Crippen molar-refractivity contribution in [2.75, 3.05) is 7.11 Å². The number of nitrogens with zero attached hydrogens (tertiary/aromatic N) is 1. The lowest BCUT2D eigenvalue weighted by Gasteiger charge is -2.08. The van der Waals surface area contributed by atoms with Gasteiger partial charge in [0.1, 0.15) is 5.75 Å². The van der Waals surface area contributed by atoms with Gasteiger partial charge >= 0.3 is 0 Å². The van der Waals surface area contributed by atoms with Gasteiger partial charge in [-0.05, 0) is 47.4 Å². The van der Waals surface area contributed by atoms with Crippen LogP contribution in [0, 0.1) is 11.3 Å². The minimum absolute atomic E-state index is 0.200. The van der Waals surface area contributed by atoms with Crippen molar-refractivity contribution in [1.29, 1.82) is 5.26 Å². The smallest absolute Gasteiger partial charge is 0.119 e. The second-order valence-electron chi connectivity index (χ2n) is 4.62. The summed E-state index contributed by atoms with van der Waals surface area (Å²) in [7, 11) is 1.67. The van der Waals surface area contributed by atoms with Gasteiger partial charge in [0, 0.05) is 0 Å². The van der Waals surface area contributed by atoms with Crippen LogP contribution in [0.2, 0.25) is 0 Å². The molecule has 17 heavy (non-hydrogen) atoms. The highest BCUT2D eigenvalue weighted by atomic mass is 16.5. The third kappa shape index (κ3) is 1.55. The van der Waals surface area contributed by atoms with Gasteiger partial charge in [0.05, 0.1) is 18.6 Å². The van der Waals surface area contributed by atoms with Crippen LogP contribution < -0.4 is 4.74 Å². The number of hydrogen-bond donors (Lipinski definition) is 0. The fraction of sp³-hybridized carbons (Fsp3) is 0.267. The highest BCUT2D eigenvalue weighted by Crippen LogP contribution is 2.48. The van der Waals surface area contributed by atoms with Crippen LogP contribution in [-0.4, -0.2) is 7.11 Å². The van der Waals surface area contributed by atoms with Gasteiger partial charge in [-0.1, -0.05) is 18.2 Å². The van der Waals surface area contributed by atoms with E-state index in [0.29, 0.717) is 0 Å². The van der Waals surface area contributed by atoms with Crippen LogP contribution >= 0.6 is 0 Å². The first kappa shape index (κ1) is 10.2. The highest BCUT2D eigenvalue weighted by molar-refractivity contribution is 5.85. The first-order valence-corrected chi connectivity index (χ1v) is 5.77. The fourth-order valence-electron chi connectivity index (χ4n) is 2.24. The molecule has 0 bridgehead atoms. The van der Waals surface area contributed by atoms with Gasteiger partial charge in [-0.15, -0.1) is 0 Å². The molecule has 1 fully saturated rings. The molecule has 2 aromatic carbocycles. The maximum Gasteiger partial charge on any atom is 0.119 e. The van der Waals surface area contributed by atoms with Gasteiger partial charge in [0.25, 0.3) is 0 Å². The molecular formula is C15H13NO. The molecule has 0 radical (unpaired) electrons. The van der Waals surface area contributed by atoms with Gasteiger partial charge in [-0.3, -0.25) is 0 Å². The SMILES string of the molecule is COc1ccc2cc(C3(C#N)CC3)ccc2c1. The fourth-order valence-corrected chi connectivity index (χ4v) is 2.24. The van der Waals surface area contributed by atoms with E-state index in [4.69, 9.17) is 4.74 Å². The largest absolute Gasteiger partial charge is 0.497 e. The molecule has 1 aliphatic carbocycles. The van der Waals surface area contributed by atoms with E-state index in [0.717, 1.165) is 29.5 Å². The second kappa shape index (κ2) is 3.49. The molecule has 0 atom stereocenters. The summed E-state index contributed by atoms with van der Waals surface area (Å²) in [5.74, 6) is 0.867. The van der Waals surface area contributed by atoms with Crippen LogP contribution in [0.25, 0.3) is 10.8 Å². The topological polar surface area (TPSA) is 33.0 Å². The molecule has 2 nitrogen and oxygen atoms in total. The average molecular weight is 223 g/mol. The number of fused-ring (bicyclic) bond motifs is 1. The van der Waals surface area contributed by atoms with Crippen molar-refractivity contribution < 1.29 is 4.74 Å². The molecule has 0 unspecified atom stereocenters. The van der Waals surface area contributed by atoms with Gasteiger partial charge in [-0.2, -0.15) is 5.26 Å². The number of nitriles is 1. The summed E-state index contributed by atoms with van der Waals surface area (Å²) in [6.45, 7) is 0. The molecule has 0 aromatic heterocycles. The molecule has 0 N–H and O–H groups in total. The Morgan fingerprint density at radius 3 is 2.47 bits per heavy atom. The van der Waals surface area contributed by atoms with Crippen LogP contribution in [0.15, 0.2) is 36.4 Å². The second-order valence-corrected chi connectivity index (χ2v) is 4.62. The van der Waals surface area contributed by atoms with E-state index in [1.807, 2.05) is 18.2 Å². The maximum absolute atomic E-state index is 9.19. The quantitative estimate of drug-likeness (QED) is 0.781. The van der Waals surface area contributed by atoms with E-state index in [9.17, 15) is 5.26 Å². The predicted molar refractivity (Wildman–Crippen MR) is 67.0 cm³/mol. The average Bonchev–Trinajstić information content (AvgIpc) is 3.18. The van der Waals surface area contributed by atoms with E-state index in [1.165, 1.54) is 5.39 Å². The third-order valence-electron chi connectivity index (χ3n) is 3.56. The lowest BCUT2D eigenvalue weighted by atomic mass is 9.95. The molecule has 2 heteroatoms. The Kier molecular flexibility index (Phi) is 2.09. The summed E-state index contributed by atoms with van der Waals surface area (Å²) in [5, 5.41) is 11.5. The molecule has 84 valence electrons. The summed E-state index contributed by atoms with van der Waals surface area (Å²) in [6.07, 6.45) is 1.98. The molecule has 0 heterocycles. The van der Waals surface area contributed by atoms with E-state index >= 15 is 0 Å². The van der Waals surface area contributed by atoms with Crippen LogP contribution in [0.4, 0.5) is 0 Å². The Bertz CT molecular complexity index is 620. The van der Waals surface area contributed by atoms with Gasteiger partial charge in [-0.25, -0.2) is 0 Å². The lowest BCUT2D eigenvalue weighted by Crippen LogP contribution is -2.01. The van der Waals surface area contributed by atoms with Crippen molar-refractivity contribution in [3.8, 4) is 11.8 Å². The first-order valence-electron chi connectivity index (χ1n) is 5.77. The summed E-state index contributed by atoms with van der Waals surface area (Å²) in [6, 6.07) is 14.7. The molecule has 3 rings (SSSR count). The molecule has 1 saturated carbocycles. The summed E-state index contributed by atoms with van der Waals surface area (Å²) < 4.78 is 5.20.